The Morgan fingerprint density at radius 1 is 1.20 bits per heavy atom. The fraction of sp³-hybridized carbons (Fsp3) is 0.308. The van der Waals surface area contributed by atoms with Gasteiger partial charge in [0.05, 0.1) is 17.2 Å². The maximum atomic E-state index is 12.9. The second kappa shape index (κ2) is 8.95. The quantitative estimate of drug-likeness (QED) is 0.310. The second-order valence-electron chi connectivity index (χ2n) is 9.28. The minimum atomic E-state index is -3.87. The van der Waals surface area contributed by atoms with Crippen molar-refractivity contribution in [1.29, 1.82) is 0 Å². The molecule has 1 radical (unpaired) electrons. The van der Waals surface area contributed by atoms with Crippen LogP contribution >= 0.6 is 0 Å². The summed E-state index contributed by atoms with van der Waals surface area (Å²) in [6.45, 7) is 5.36. The van der Waals surface area contributed by atoms with E-state index in [1.165, 1.54) is 28.9 Å². The van der Waals surface area contributed by atoms with Crippen LogP contribution in [0.4, 0.5) is 0 Å². The highest BCUT2D eigenvalue weighted by Crippen LogP contribution is 2.47. The molecule has 4 rings (SSSR count). The number of hydrogen-bond acceptors (Lipinski definition) is 6. The Kier molecular flexibility index (Phi) is 6.30. The number of amides is 1. The molecule has 8 nitrogen and oxygen atoms in total. The van der Waals surface area contributed by atoms with Crippen LogP contribution in [-0.2, 0) is 26.6 Å². The maximum Gasteiger partial charge on any atom is 0.264 e. The van der Waals surface area contributed by atoms with Gasteiger partial charge in [-0.1, -0.05) is 24.0 Å². The second-order valence-corrected chi connectivity index (χ2v) is 11.7. The lowest BCUT2D eigenvalue weighted by Crippen LogP contribution is -2.50. The molecule has 2 aromatic carbocycles. The molecule has 0 spiro atoms. The molecule has 1 amide bonds. The van der Waals surface area contributed by atoms with E-state index in [1.807, 2.05) is 12.1 Å². The molecule has 1 fully saturated rings. The van der Waals surface area contributed by atoms with Gasteiger partial charge in [-0.05, 0) is 74.4 Å². The van der Waals surface area contributed by atoms with Crippen molar-refractivity contribution in [3.8, 4) is 11.8 Å². The standard InChI is InChI=1S/C26H26N3O5S/c1-25(12-13-25)20-9-6-18(7-10-20)4-5-19-8-11-21-22(16-19)27-17-29(23(21)30)15-14-26(2,24(31)28-32)35(3,33)34/h6-11,16-17,32H,1,12-15H2,2-3H3,(H,28,31)/t26-/m1/s1. The van der Waals surface area contributed by atoms with Crippen molar-refractivity contribution < 1.29 is 18.4 Å². The Morgan fingerprint density at radius 2 is 1.83 bits per heavy atom. The smallest absolute Gasteiger partial charge is 0.264 e. The van der Waals surface area contributed by atoms with Crippen molar-refractivity contribution in [2.75, 3.05) is 6.26 Å². The molecule has 181 valence electrons. The zero-order valence-corrected chi connectivity index (χ0v) is 20.4. The SMILES string of the molecule is [CH2]C1(c2ccc(C#Cc3ccc4c(=O)n(CC[C@](C)(C(=O)NO)S(C)(=O)=O)cnc4c3)cc2)CC1. The van der Waals surface area contributed by atoms with E-state index < -0.39 is 20.5 Å². The van der Waals surface area contributed by atoms with Gasteiger partial charge >= 0.3 is 0 Å². The lowest BCUT2D eigenvalue weighted by Gasteiger charge is -2.25. The first kappa shape index (κ1) is 24.6. The minimum absolute atomic E-state index is 0.0670. The number of fused-ring (bicyclic) bond motifs is 1. The summed E-state index contributed by atoms with van der Waals surface area (Å²) in [6.07, 6.45) is 4.22. The van der Waals surface area contributed by atoms with Gasteiger partial charge in [0.15, 0.2) is 14.6 Å². The number of sulfone groups is 1. The van der Waals surface area contributed by atoms with E-state index in [0.29, 0.717) is 16.5 Å². The Morgan fingerprint density at radius 3 is 2.43 bits per heavy atom. The van der Waals surface area contributed by atoms with Gasteiger partial charge in [0.25, 0.3) is 11.5 Å². The molecule has 3 aromatic rings. The van der Waals surface area contributed by atoms with Crippen LogP contribution in [0.3, 0.4) is 0 Å². The van der Waals surface area contributed by atoms with Crippen molar-refractivity contribution in [3.63, 3.8) is 0 Å². The highest BCUT2D eigenvalue weighted by Gasteiger charge is 2.43. The summed E-state index contributed by atoms with van der Waals surface area (Å²) in [4.78, 5) is 29.3. The van der Waals surface area contributed by atoms with Gasteiger partial charge in [0, 0.05) is 23.9 Å². The molecular weight excluding hydrogens is 466 g/mol. The third-order valence-corrected chi connectivity index (χ3v) is 8.78. The van der Waals surface area contributed by atoms with Crippen LogP contribution in [0.5, 0.6) is 0 Å². The number of hydroxylamine groups is 1. The molecule has 1 aromatic heterocycles. The number of carbonyl (C=O) groups is 1. The molecule has 2 N–H and O–H groups in total. The topological polar surface area (TPSA) is 118 Å². The lowest BCUT2D eigenvalue weighted by molar-refractivity contribution is -0.131. The molecule has 1 aliphatic carbocycles. The van der Waals surface area contributed by atoms with Crippen molar-refractivity contribution in [3.05, 3.63) is 82.8 Å². The Bertz CT molecular complexity index is 1530. The number of aryl methyl sites for hydroxylation is 1. The fourth-order valence-corrected chi connectivity index (χ4v) is 4.65. The Hall–Kier alpha value is -3.48. The average molecular weight is 493 g/mol. The summed E-state index contributed by atoms with van der Waals surface area (Å²) in [5, 5.41) is 9.31. The number of hydrogen-bond donors (Lipinski definition) is 2. The van der Waals surface area contributed by atoms with E-state index in [4.69, 9.17) is 5.21 Å². The van der Waals surface area contributed by atoms with Crippen molar-refractivity contribution in [2.24, 2.45) is 0 Å². The van der Waals surface area contributed by atoms with Crippen molar-refractivity contribution in [1.82, 2.24) is 15.0 Å². The third kappa shape index (κ3) is 4.85. The monoisotopic (exact) mass is 492 g/mol. The molecule has 1 aliphatic rings. The van der Waals surface area contributed by atoms with Crippen molar-refractivity contribution >= 4 is 26.6 Å². The molecular formula is C26H26N3O5S. The maximum absolute atomic E-state index is 12.9. The predicted molar refractivity (Wildman–Crippen MR) is 132 cm³/mol. The summed E-state index contributed by atoms with van der Waals surface area (Å²) >= 11 is 0. The minimum Gasteiger partial charge on any atom is -0.299 e. The first-order chi connectivity index (χ1) is 16.5. The van der Waals surface area contributed by atoms with Crippen molar-refractivity contribution in [2.45, 2.75) is 42.9 Å². The zero-order chi connectivity index (χ0) is 25.4. The normalized spacial score (nSPS) is 16.1. The van der Waals surface area contributed by atoms with Gasteiger partial charge in [-0.25, -0.2) is 18.9 Å². The van der Waals surface area contributed by atoms with Gasteiger partial charge in [-0.2, -0.15) is 0 Å². The van der Waals surface area contributed by atoms with E-state index >= 15 is 0 Å². The first-order valence-electron chi connectivity index (χ1n) is 11.1. The van der Waals surface area contributed by atoms with Crippen LogP contribution in [0.2, 0.25) is 0 Å². The summed E-state index contributed by atoms with van der Waals surface area (Å²) in [5.74, 6) is 5.16. The number of carbonyl (C=O) groups excluding carboxylic acids is 1. The molecule has 1 saturated carbocycles. The lowest BCUT2D eigenvalue weighted by atomic mass is 9.97. The van der Waals surface area contributed by atoms with Crippen LogP contribution < -0.4 is 11.0 Å². The predicted octanol–water partition coefficient (Wildman–Crippen LogP) is 2.36. The Labute approximate surface area is 203 Å². The molecule has 0 aliphatic heterocycles. The number of aromatic nitrogens is 2. The first-order valence-corrected chi connectivity index (χ1v) is 13.0. The van der Waals surface area contributed by atoms with Gasteiger partial charge < -0.3 is 0 Å². The van der Waals surface area contributed by atoms with Gasteiger partial charge in [-0.15, -0.1) is 0 Å². The van der Waals surface area contributed by atoms with E-state index in [1.54, 1.807) is 18.2 Å². The molecule has 0 bridgehead atoms. The number of nitrogens with zero attached hydrogens (tertiary/aromatic N) is 2. The summed E-state index contributed by atoms with van der Waals surface area (Å²) < 4.78 is 23.6. The summed E-state index contributed by atoms with van der Waals surface area (Å²) in [6, 6.07) is 13.2. The van der Waals surface area contributed by atoms with E-state index in [0.717, 1.165) is 24.7 Å². The number of rotatable bonds is 6. The summed E-state index contributed by atoms with van der Waals surface area (Å²) in [7, 11) is -3.87. The van der Waals surface area contributed by atoms with Crippen LogP contribution in [0.15, 0.2) is 53.6 Å². The van der Waals surface area contributed by atoms with E-state index in [9.17, 15) is 18.0 Å². The van der Waals surface area contributed by atoms with Crippen LogP contribution in [0, 0.1) is 18.8 Å². The average Bonchev–Trinajstić information content (AvgIpc) is 3.59. The highest BCUT2D eigenvalue weighted by molar-refractivity contribution is 7.92. The number of nitrogens with one attached hydrogen (secondary N) is 1. The zero-order valence-electron chi connectivity index (χ0n) is 19.5. The molecule has 9 heteroatoms. The molecule has 1 atom stereocenters. The third-order valence-electron chi connectivity index (χ3n) is 6.76. The fourth-order valence-electron chi connectivity index (χ4n) is 3.81. The number of benzene rings is 2. The van der Waals surface area contributed by atoms with Gasteiger partial charge in [0.2, 0.25) is 0 Å². The molecule has 35 heavy (non-hydrogen) atoms. The Balaban J connectivity index is 1.55. The van der Waals surface area contributed by atoms with Gasteiger partial charge in [0.1, 0.15) is 0 Å². The van der Waals surface area contributed by atoms with E-state index in [2.05, 4.69) is 35.9 Å². The van der Waals surface area contributed by atoms with E-state index in [-0.39, 0.29) is 23.9 Å². The summed E-state index contributed by atoms with van der Waals surface area (Å²) in [5.41, 5.74) is 4.36. The van der Waals surface area contributed by atoms with Crippen LogP contribution in [0.1, 0.15) is 42.9 Å². The van der Waals surface area contributed by atoms with Gasteiger partial charge in [-0.3, -0.25) is 19.4 Å². The molecule has 0 saturated heterocycles. The molecule has 1 heterocycles. The largest absolute Gasteiger partial charge is 0.299 e. The highest BCUT2D eigenvalue weighted by atomic mass is 32.2. The van der Waals surface area contributed by atoms with Crippen LogP contribution in [0.25, 0.3) is 10.9 Å². The van der Waals surface area contributed by atoms with Crippen LogP contribution in [-0.4, -0.2) is 40.1 Å². The molecule has 0 unspecified atom stereocenters.